The van der Waals surface area contributed by atoms with Crippen LogP contribution in [0.5, 0.6) is 0 Å². The number of hydrogen-bond acceptors (Lipinski definition) is 5. The molecule has 1 aromatic carbocycles. The van der Waals surface area contributed by atoms with Crippen molar-refractivity contribution in [3.63, 3.8) is 0 Å². The zero-order chi connectivity index (χ0) is 22.0. The normalized spacial score (nSPS) is 11.1. The summed E-state index contributed by atoms with van der Waals surface area (Å²) < 4.78 is 36.4. The molecule has 7 nitrogen and oxygen atoms in total. The average Bonchev–Trinajstić information content (AvgIpc) is 3.24. The van der Waals surface area contributed by atoms with Gasteiger partial charge in [0.25, 0.3) is 0 Å². The number of rotatable bonds is 8. The Hall–Kier alpha value is -2.29. The molecular weight excluding hydrogens is 406 g/mol. The van der Waals surface area contributed by atoms with Gasteiger partial charge < -0.3 is 0 Å². The molecule has 0 fully saturated rings. The smallest absolute Gasteiger partial charge is 0.222 e. The van der Waals surface area contributed by atoms with Crippen LogP contribution in [0.15, 0.2) is 54.7 Å². The van der Waals surface area contributed by atoms with Gasteiger partial charge in [0.1, 0.15) is 11.4 Å². The van der Waals surface area contributed by atoms with E-state index >= 15 is 0 Å². The molecule has 2 heterocycles. The molecule has 8 heteroatoms. The lowest BCUT2D eigenvalue weighted by molar-refractivity contribution is -2.00. The molecule has 0 aliphatic heterocycles. The third-order valence-corrected chi connectivity index (χ3v) is 4.63. The van der Waals surface area contributed by atoms with Gasteiger partial charge in [0.05, 0.1) is 12.3 Å². The van der Waals surface area contributed by atoms with E-state index in [-0.39, 0.29) is 0 Å². The fraction of sp³-hybridized carbons (Fsp3) is 0.364. The number of halogens is 1. The Labute approximate surface area is 179 Å². The fourth-order valence-corrected chi connectivity index (χ4v) is 3.28. The molecule has 0 bridgehead atoms. The Balaban J connectivity index is 0.000000575. The van der Waals surface area contributed by atoms with Crippen molar-refractivity contribution >= 4 is 0 Å². The number of H-pyrrole nitrogens is 1. The van der Waals surface area contributed by atoms with Gasteiger partial charge in [-0.2, -0.15) is 4.57 Å². The quantitative estimate of drug-likeness (QED) is 0.511. The van der Waals surface area contributed by atoms with E-state index in [1.807, 2.05) is 6.20 Å². The van der Waals surface area contributed by atoms with Gasteiger partial charge in [0, 0.05) is 12.8 Å². The summed E-state index contributed by atoms with van der Waals surface area (Å²) in [5.74, 6) is 1.07. The minimum Gasteiger partial charge on any atom is -0.222 e. The predicted molar refractivity (Wildman–Crippen MR) is 103 cm³/mol. The minimum absolute atomic E-state index is 1.07. The van der Waals surface area contributed by atoms with Gasteiger partial charge in [-0.1, -0.05) is 62.1 Å². The molecule has 0 saturated heterocycles. The Morgan fingerprint density at radius 1 is 0.833 bits per heavy atom. The van der Waals surface area contributed by atoms with Gasteiger partial charge in [-0.05, 0) is 36.1 Å². The second kappa shape index (κ2) is 11.8. The van der Waals surface area contributed by atoms with Crippen LogP contribution in [0.3, 0.4) is 0 Å². The highest BCUT2D eigenvalue weighted by Gasteiger charge is 2.19. The summed E-state index contributed by atoms with van der Waals surface area (Å²) in [7, 11) is -4.94. The summed E-state index contributed by atoms with van der Waals surface area (Å²) in [4.78, 5) is 0. The standard InChI is InChI=1S/C22H28N3.ClHO4/c1-3-5-12-20-16-19(18-10-8-7-9-11-18)17-21(13-6-4-2)25(20)22-14-15-23-24-22;2-1(3,4)5/h7-11,14-17H,3-6,12-13H2,1-2H3,(H,23,24);(H,2,3,4,5)/q+1;/p-1. The maximum Gasteiger partial charge on any atom is 0.306 e. The van der Waals surface area contributed by atoms with Crippen molar-refractivity contribution < 1.29 is 33.4 Å². The van der Waals surface area contributed by atoms with Crippen molar-refractivity contribution in [2.75, 3.05) is 0 Å². The molecule has 0 aliphatic carbocycles. The molecule has 30 heavy (non-hydrogen) atoms. The van der Waals surface area contributed by atoms with Crippen LogP contribution < -0.4 is 23.2 Å². The second-order valence-corrected chi connectivity index (χ2v) is 7.71. The van der Waals surface area contributed by atoms with Crippen LogP contribution >= 0.6 is 0 Å². The summed E-state index contributed by atoms with van der Waals surface area (Å²) >= 11 is 0. The van der Waals surface area contributed by atoms with E-state index in [1.54, 1.807) is 0 Å². The van der Waals surface area contributed by atoms with E-state index < -0.39 is 10.2 Å². The minimum atomic E-state index is -4.94. The summed E-state index contributed by atoms with van der Waals surface area (Å²) in [5, 5.41) is 7.34. The lowest BCUT2D eigenvalue weighted by atomic mass is 10.0. The van der Waals surface area contributed by atoms with Crippen LogP contribution in [0.2, 0.25) is 0 Å². The number of nitrogens with one attached hydrogen (secondary N) is 1. The first-order valence-corrected chi connectivity index (χ1v) is 11.3. The van der Waals surface area contributed by atoms with Crippen molar-refractivity contribution in [3.8, 4) is 16.9 Å². The van der Waals surface area contributed by atoms with Crippen molar-refractivity contribution in [1.29, 1.82) is 0 Å². The average molecular weight is 434 g/mol. The number of aromatic nitrogens is 3. The lowest BCUT2D eigenvalue weighted by Gasteiger charge is -2.17. The zero-order valence-corrected chi connectivity index (χ0v) is 18.1. The Morgan fingerprint density at radius 2 is 1.37 bits per heavy atom. The van der Waals surface area contributed by atoms with Gasteiger partial charge in [-0.15, -0.1) is 15.3 Å². The van der Waals surface area contributed by atoms with Gasteiger partial charge in [0.2, 0.25) is 0 Å². The van der Waals surface area contributed by atoms with E-state index in [4.69, 9.17) is 18.6 Å². The Kier molecular flexibility index (Phi) is 9.42. The summed E-state index contributed by atoms with van der Waals surface area (Å²) in [5.41, 5.74) is 5.32. The predicted octanol–water partition coefficient (Wildman–Crippen LogP) is 0.283. The van der Waals surface area contributed by atoms with Crippen molar-refractivity contribution in [3.05, 3.63) is 66.1 Å². The first-order chi connectivity index (χ1) is 14.3. The van der Waals surface area contributed by atoms with Gasteiger partial charge in [-0.25, -0.2) is 18.6 Å². The van der Waals surface area contributed by atoms with Crippen LogP contribution in [0.25, 0.3) is 16.9 Å². The molecule has 162 valence electrons. The molecular formula is C22H28ClN3O4. The molecule has 3 aromatic rings. The maximum atomic E-state index is 8.49. The monoisotopic (exact) mass is 433 g/mol. The molecule has 3 rings (SSSR count). The third kappa shape index (κ3) is 7.85. The van der Waals surface area contributed by atoms with Gasteiger partial charge in [0.15, 0.2) is 0 Å². The van der Waals surface area contributed by atoms with Crippen molar-refractivity contribution in [1.82, 2.24) is 10.2 Å². The van der Waals surface area contributed by atoms with Crippen molar-refractivity contribution in [2.45, 2.75) is 52.4 Å². The largest absolute Gasteiger partial charge is 0.306 e. The lowest BCUT2D eigenvalue weighted by Crippen LogP contribution is -2.68. The van der Waals surface area contributed by atoms with Crippen molar-refractivity contribution in [2.24, 2.45) is 0 Å². The maximum absolute atomic E-state index is 8.49. The number of aryl methyl sites for hydroxylation is 2. The third-order valence-electron chi connectivity index (χ3n) is 4.63. The number of benzene rings is 1. The fourth-order valence-electron chi connectivity index (χ4n) is 3.28. The van der Waals surface area contributed by atoms with E-state index in [1.165, 1.54) is 48.2 Å². The molecule has 2 aromatic heterocycles. The Morgan fingerprint density at radius 3 is 1.80 bits per heavy atom. The summed E-state index contributed by atoms with van der Waals surface area (Å²) in [6, 6.07) is 17.5. The molecule has 0 atom stereocenters. The van der Waals surface area contributed by atoms with Crippen LogP contribution in [-0.2, 0) is 12.8 Å². The topological polar surface area (TPSA) is 125 Å². The number of unbranched alkanes of at least 4 members (excludes halogenated alkanes) is 2. The van der Waals surface area contributed by atoms with Gasteiger partial charge >= 0.3 is 5.82 Å². The highest BCUT2D eigenvalue weighted by Crippen LogP contribution is 2.22. The molecule has 0 spiro atoms. The number of aromatic amines is 1. The molecule has 0 amide bonds. The zero-order valence-electron chi connectivity index (χ0n) is 17.3. The molecule has 0 unspecified atom stereocenters. The van der Waals surface area contributed by atoms with E-state index in [0.717, 1.165) is 18.7 Å². The van der Waals surface area contributed by atoms with Crippen LogP contribution in [0.4, 0.5) is 0 Å². The highest BCUT2D eigenvalue weighted by atomic mass is 35.7. The van der Waals surface area contributed by atoms with E-state index in [0.29, 0.717) is 0 Å². The first-order valence-electron chi connectivity index (χ1n) is 10.1. The first kappa shape index (κ1) is 24.0. The SMILES string of the molecule is CCCCc1cc(-c2ccccc2)cc(CCCC)[n+]1-c1ccn[nH]1.[O-][Cl+3]([O-])([O-])[O-]. The van der Waals surface area contributed by atoms with E-state index in [9.17, 15) is 0 Å². The van der Waals surface area contributed by atoms with Crippen LogP contribution in [-0.4, -0.2) is 10.2 Å². The number of nitrogens with zero attached hydrogens (tertiary/aromatic N) is 2. The Bertz CT molecular complexity index is 846. The summed E-state index contributed by atoms with van der Waals surface area (Å²) in [6.07, 6.45) is 8.77. The van der Waals surface area contributed by atoms with E-state index in [2.05, 4.69) is 77.1 Å². The highest BCUT2D eigenvalue weighted by molar-refractivity contribution is 5.63. The molecule has 0 aliphatic rings. The van der Waals surface area contributed by atoms with Gasteiger partial charge in [-0.3, -0.25) is 0 Å². The molecule has 0 radical (unpaired) electrons. The number of pyridine rings is 1. The number of hydrogen-bond donors (Lipinski definition) is 1. The second-order valence-electron chi connectivity index (χ2n) is 6.96. The van der Waals surface area contributed by atoms with Crippen LogP contribution in [0.1, 0.15) is 50.9 Å². The summed E-state index contributed by atoms with van der Waals surface area (Å²) in [6.45, 7) is 4.50. The van der Waals surface area contributed by atoms with Crippen LogP contribution in [0, 0.1) is 10.2 Å². The molecule has 0 saturated carbocycles. The molecule has 1 N–H and O–H groups in total.